The summed E-state index contributed by atoms with van der Waals surface area (Å²) in [7, 11) is 0. The molecule has 0 fully saturated rings. The predicted octanol–water partition coefficient (Wildman–Crippen LogP) is 11.5. The fourth-order valence-corrected chi connectivity index (χ4v) is 6.32. The molecule has 9 rings (SSSR count). The van der Waals surface area contributed by atoms with Crippen molar-refractivity contribution in [1.82, 2.24) is 4.98 Å². The molecule has 0 aliphatic carbocycles. The van der Waals surface area contributed by atoms with Crippen molar-refractivity contribution < 1.29 is 8.83 Å². The molecular weight excluding hydrogens is 538 g/mol. The topological polar surface area (TPSA) is 39.2 Å². The van der Waals surface area contributed by atoms with Gasteiger partial charge in [0.2, 0.25) is 0 Å². The maximum absolute atomic E-state index is 6.05. The molecule has 0 N–H and O–H groups in total. The van der Waals surface area contributed by atoms with E-state index in [1.807, 2.05) is 36.7 Å². The molecule has 0 spiro atoms. The Balaban J connectivity index is 1.07. The van der Waals surface area contributed by atoms with Crippen LogP contribution < -0.4 is 0 Å². The van der Waals surface area contributed by atoms with Crippen LogP contribution >= 0.6 is 0 Å². The molecule has 9 aromatic rings. The van der Waals surface area contributed by atoms with E-state index < -0.39 is 0 Å². The van der Waals surface area contributed by atoms with Crippen LogP contribution in [0.25, 0.3) is 88.4 Å². The van der Waals surface area contributed by atoms with Gasteiger partial charge in [-0.3, -0.25) is 4.98 Å². The molecule has 0 amide bonds. The lowest BCUT2D eigenvalue weighted by Gasteiger charge is -2.10. The summed E-state index contributed by atoms with van der Waals surface area (Å²) in [5.41, 5.74) is 12.7. The largest absolute Gasteiger partial charge is 0.456 e. The van der Waals surface area contributed by atoms with Crippen molar-refractivity contribution in [1.29, 1.82) is 0 Å². The maximum Gasteiger partial charge on any atom is 0.135 e. The predicted molar refractivity (Wildman–Crippen MR) is 181 cm³/mol. The van der Waals surface area contributed by atoms with E-state index >= 15 is 0 Å². The van der Waals surface area contributed by atoms with Gasteiger partial charge in [-0.15, -0.1) is 0 Å². The minimum absolute atomic E-state index is 0.906. The Hall–Kier alpha value is -5.93. The van der Waals surface area contributed by atoms with Gasteiger partial charge in [0.15, 0.2) is 0 Å². The molecule has 3 aromatic heterocycles. The van der Waals surface area contributed by atoms with E-state index in [1.165, 1.54) is 0 Å². The number of hydrogen-bond acceptors (Lipinski definition) is 3. The van der Waals surface area contributed by atoms with Crippen molar-refractivity contribution >= 4 is 43.9 Å². The van der Waals surface area contributed by atoms with Gasteiger partial charge >= 0.3 is 0 Å². The number of furan rings is 2. The fraction of sp³-hybridized carbons (Fsp3) is 0. The highest BCUT2D eigenvalue weighted by Gasteiger charge is 2.11. The van der Waals surface area contributed by atoms with Crippen LogP contribution in [0.4, 0.5) is 0 Å². The zero-order valence-corrected chi connectivity index (χ0v) is 23.7. The van der Waals surface area contributed by atoms with Crippen LogP contribution in [0.15, 0.2) is 161 Å². The number of benzene rings is 6. The van der Waals surface area contributed by atoms with Crippen LogP contribution in [0.3, 0.4) is 0 Å². The molecule has 0 unspecified atom stereocenters. The smallest absolute Gasteiger partial charge is 0.135 e. The molecule has 0 saturated heterocycles. The van der Waals surface area contributed by atoms with Gasteiger partial charge in [-0.1, -0.05) is 84.9 Å². The van der Waals surface area contributed by atoms with Crippen molar-refractivity contribution in [2.75, 3.05) is 0 Å². The van der Waals surface area contributed by atoms with Crippen molar-refractivity contribution in [2.24, 2.45) is 0 Å². The van der Waals surface area contributed by atoms with E-state index in [0.29, 0.717) is 0 Å². The van der Waals surface area contributed by atoms with Crippen molar-refractivity contribution in [3.05, 3.63) is 152 Å². The molecule has 0 atom stereocenters. The zero-order chi connectivity index (χ0) is 29.0. The van der Waals surface area contributed by atoms with Gasteiger partial charge in [0, 0.05) is 45.1 Å². The summed E-state index contributed by atoms with van der Waals surface area (Å²) >= 11 is 0. The first kappa shape index (κ1) is 24.6. The standard InChI is InChI=1S/C41H25NO2/c1-3-13-38-34(11-1)36-22-30(15-17-40(36)43-38)26-7-5-9-28(19-26)32-21-33(25-42-24-32)29-10-6-8-27(20-29)31-16-18-41-37(23-31)35-12-2-4-14-39(35)44-41/h1-25H. The number of para-hydroxylation sites is 2. The lowest BCUT2D eigenvalue weighted by atomic mass is 9.96. The first-order chi connectivity index (χ1) is 21.8. The van der Waals surface area contributed by atoms with Gasteiger partial charge in [0.1, 0.15) is 22.3 Å². The minimum atomic E-state index is 0.906. The molecule has 3 heteroatoms. The quantitative estimate of drug-likeness (QED) is 0.214. The Bertz CT molecular complexity index is 2340. The summed E-state index contributed by atoms with van der Waals surface area (Å²) in [6.45, 7) is 0. The Kier molecular flexibility index (Phi) is 5.50. The summed E-state index contributed by atoms with van der Waals surface area (Å²) < 4.78 is 12.1. The Labute approximate surface area is 253 Å². The highest BCUT2D eigenvalue weighted by Crippen LogP contribution is 2.36. The second kappa shape index (κ2) is 9.82. The Morgan fingerprint density at radius 3 is 1.18 bits per heavy atom. The zero-order valence-electron chi connectivity index (χ0n) is 23.7. The van der Waals surface area contributed by atoms with Crippen molar-refractivity contribution in [2.45, 2.75) is 0 Å². The fourth-order valence-electron chi connectivity index (χ4n) is 6.32. The molecule has 44 heavy (non-hydrogen) atoms. The third kappa shape index (κ3) is 4.10. The van der Waals surface area contributed by atoms with E-state index in [4.69, 9.17) is 8.83 Å². The van der Waals surface area contributed by atoms with E-state index in [0.717, 1.165) is 88.4 Å². The first-order valence-electron chi connectivity index (χ1n) is 14.8. The molecule has 0 bridgehead atoms. The molecule has 0 radical (unpaired) electrons. The Morgan fingerprint density at radius 2 is 0.682 bits per heavy atom. The van der Waals surface area contributed by atoms with Crippen LogP contribution in [0.2, 0.25) is 0 Å². The van der Waals surface area contributed by atoms with Crippen LogP contribution in [-0.4, -0.2) is 4.98 Å². The maximum atomic E-state index is 6.05. The number of hydrogen-bond donors (Lipinski definition) is 0. The first-order valence-corrected chi connectivity index (χ1v) is 14.8. The molecule has 0 saturated carbocycles. The normalized spacial score (nSPS) is 11.6. The number of nitrogens with zero attached hydrogens (tertiary/aromatic N) is 1. The summed E-state index contributed by atoms with van der Waals surface area (Å²) in [5, 5.41) is 4.54. The molecule has 3 heterocycles. The number of aromatic nitrogens is 1. The summed E-state index contributed by atoms with van der Waals surface area (Å²) in [4.78, 5) is 4.65. The summed E-state index contributed by atoms with van der Waals surface area (Å²) in [6, 6.07) is 48.8. The number of fused-ring (bicyclic) bond motifs is 6. The highest BCUT2D eigenvalue weighted by atomic mass is 16.3. The van der Waals surface area contributed by atoms with Gasteiger partial charge in [0.25, 0.3) is 0 Å². The van der Waals surface area contributed by atoms with Crippen LogP contribution in [0, 0.1) is 0 Å². The van der Waals surface area contributed by atoms with Gasteiger partial charge < -0.3 is 8.83 Å². The average Bonchev–Trinajstić information content (AvgIpc) is 3.66. The molecular formula is C41H25NO2. The van der Waals surface area contributed by atoms with E-state index in [-0.39, 0.29) is 0 Å². The van der Waals surface area contributed by atoms with E-state index in [2.05, 4.69) is 120 Å². The minimum Gasteiger partial charge on any atom is -0.456 e. The number of rotatable bonds is 4. The van der Waals surface area contributed by atoms with Gasteiger partial charge in [-0.25, -0.2) is 0 Å². The van der Waals surface area contributed by atoms with Gasteiger partial charge in [-0.2, -0.15) is 0 Å². The third-order valence-corrected chi connectivity index (χ3v) is 8.55. The molecule has 3 nitrogen and oxygen atoms in total. The second-order valence-electron chi connectivity index (χ2n) is 11.2. The molecule has 0 aliphatic rings. The van der Waals surface area contributed by atoms with E-state index in [9.17, 15) is 0 Å². The van der Waals surface area contributed by atoms with Crippen molar-refractivity contribution in [3.63, 3.8) is 0 Å². The van der Waals surface area contributed by atoms with Gasteiger partial charge in [-0.05, 0) is 88.0 Å². The lowest BCUT2D eigenvalue weighted by Crippen LogP contribution is -1.86. The highest BCUT2D eigenvalue weighted by molar-refractivity contribution is 6.07. The van der Waals surface area contributed by atoms with Crippen LogP contribution in [0.1, 0.15) is 0 Å². The van der Waals surface area contributed by atoms with E-state index in [1.54, 1.807) is 0 Å². The number of pyridine rings is 1. The van der Waals surface area contributed by atoms with Crippen LogP contribution in [0.5, 0.6) is 0 Å². The summed E-state index contributed by atoms with van der Waals surface area (Å²) in [5.74, 6) is 0. The SMILES string of the molecule is c1cc(-c2cncc(-c3cccc(-c4ccc5oc6ccccc6c5c4)c3)c2)cc(-c2ccc3oc4ccccc4c3c2)c1. The average molecular weight is 564 g/mol. The monoisotopic (exact) mass is 563 g/mol. The third-order valence-electron chi connectivity index (χ3n) is 8.55. The molecule has 6 aromatic carbocycles. The lowest BCUT2D eigenvalue weighted by molar-refractivity contribution is 0.668. The summed E-state index contributed by atoms with van der Waals surface area (Å²) in [6.07, 6.45) is 3.88. The Morgan fingerprint density at radius 1 is 0.295 bits per heavy atom. The van der Waals surface area contributed by atoms with Gasteiger partial charge in [0.05, 0.1) is 0 Å². The van der Waals surface area contributed by atoms with Crippen molar-refractivity contribution in [3.8, 4) is 44.5 Å². The van der Waals surface area contributed by atoms with Crippen LogP contribution in [-0.2, 0) is 0 Å². The molecule has 206 valence electrons. The molecule has 0 aliphatic heterocycles. The second-order valence-corrected chi connectivity index (χ2v) is 11.2.